The Morgan fingerprint density at radius 3 is 2.24 bits per heavy atom. The van der Waals surface area contributed by atoms with Crippen molar-refractivity contribution in [3.05, 3.63) is 53.1 Å². The van der Waals surface area contributed by atoms with Crippen LogP contribution in [0.2, 0.25) is 5.02 Å². The highest BCUT2D eigenvalue weighted by Gasteiger charge is 2.66. The van der Waals surface area contributed by atoms with E-state index in [1.165, 1.54) is 9.80 Å². The number of carbonyl (C=O) groups is 4. The molecule has 7 nitrogen and oxygen atoms in total. The molecule has 192 valence electrons. The van der Waals surface area contributed by atoms with E-state index in [9.17, 15) is 19.2 Å². The number of amides is 3. The van der Waals surface area contributed by atoms with Crippen LogP contribution in [0.4, 0.5) is 11.4 Å². The summed E-state index contributed by atoms with van der Waals surface area (Å²) in [6, 6.07) is 11.9. The number of esters is 1. The second-order valence-corrected chi connectivity index (χ2v) is 12.8. The summed E-state index contributed by atoms with van der Waals surface area (Å²) in [4.78, 5) is 55.4. The van der Waals surface area contributed by atoms with Gasteiger partial charge in [-0.15, -0.1) is 0 Å². The minimum atomic E-state index is -0.630. The number of anilines is 2. The lowest BCUT2D eigenvalue weighted by molar-refractivity contribution is -0.139. The lowest BCUT2D eigenvalue weighted by Crippen LogP contribution is -2.37. The van der Waals surface area contributed by atoms with Gasteiger partial charge in [-0.25, -0.2) is 4.90 Å². The molecular weight excluding hydrogens is 628 g/mol. The molecule has 2 aromatic rings. The van der Waals surface area contributed by atoms with Gasteiger partial charge in [0.2, 0.25) is 17.7 Å². The molecule has 0 aromatic heterocycles. The molecule has 2 aliphatic carbocycles. The summed E-state index contributed by atoms with van der Waals surface area (Å²) in [5.74, 6) is -1.65. The number of halogens is 3. The van der Waals surface area contributed by atoms with E-state index in [-0.39, 0.29) is 64.0 Å². The fourth-order valence-corrected chi connectivity index (χ4v) is 8.61. The van der Waals surface area contributed by atoms with Gasteiger partial charge in [0, 0.05) is 22.6 Å². The van der Waals surface area contributed by atoms with Crippen LogP contribution in [0.1, 0.15) is 18.4 Å². The quantitative estimate of drug-likeness (QED) is 0.204. The van der Waals surface area contributed by atoms with Crippen LogP contribution >= 0.6 is 43.5 Å². The van der Waals surface area contributed by atoms with Crippen molar-refractivity contribution in [3.8, 4) is 5.75 Å². The molecule has 37 heavy (non-hydrogen) atoms. The molecule has 2 saturated carbocycles. The summed E-state index contributed by atoms with van der Waals surface area (Å²) in [7, 11) is 0. The van der Waals surface area contributed by atoms with Crippen molar-refractivity contribution >= 4 is 78.5 Å². The van der Waals surface area contributed by atoms with Gasteiger partial charge in [0.15, 0.2) is 0 Å². The number of aryl methyl sites for hydroxylation is 1. The number of alkyl halides is 2. The van der Waals surface area contributed by atoms with E-state index in [4.69, 9.17) is 16.3 Å². The van der Waals surface area contributed by atoms with Crippen LogP contribution in [0.3, 0.4) is 0 Å². The Hall–Kier alpha value is -2.23. The first kappa shape index (κ1) is 25.1. The van der Waals surface area contributed by atoms with E-state index in [1.807, 2.05) is 0 Å². The maximum absolute atomic E-state index is 13.4. The number of hydrogen-bond donors (Lipinski definition) is 0. The molecule has 2 heterocycles. The Kier molecular flexibility index (Phi) is 6.24. The molecule has 0 N–H and O–H groups in total. The van der Waals surface area contributed by atoms with Crippen LogP contribution in [0.5, 0.6) is 5.75 Å². The van der Waals surface area contributed by atoms with Gasteiger partial charge in [0.05, 0.1) is 34.2 Å². The zero-order valence-electron chi connectivity index (χ0n) is 19.8. The average Bonchev–Trinajstić information content (AvgIpc) is 3.58. The summed E-state index contributed by atoms with van der Waals surface area (Å²) in [6.45, 7) is 1.97. The number of fused-ring (bicyclic) bond motifs is 5. The van der Waals surface area contributed by atoms with Gasteiger partial charge in [-0.1, -0.05) is 55.6 Å². The van der Waals surface area contributed by atoms with E-state index in [1.54, 1.807) is 49.4 Å². The highest BCUT2D eigenvalue weighted by atomic mass is 79.9. The monoisotopic (exact) mass is 648 g/mol. The summed E-state index contributed by atoms with van der Waals surface area (Å²) >= 11 is 13.7. The third kappa shape index (κ3) is 3.88. The summed E-state index contributed by atoms with van der Waals surface area (Å²) < 4.78 is 5.61. The Labute approximate surface area is 235 Å². The van der Waals surface area contributed by atoms with E-state index in [2.05, 4.69) is 31.9 Å². The smallest absolute Gasteiger partial charge is 0.316 e. The van der Waals surface area contributed by atoms with Crippen molar-refractivity contribution in [2.75, 3.05) is 16.3 Å². The second-order valence-electron chi connectivity index (χ2n) is 10.2. The van der Waals surface area contributed by atoms with Crippen LogP contribution in [-0.2, 0) is 19.2 Å². The third-order valence-corrected chi connectivity index (χ3v) is 11.7. The molecular formula is C27H23Br2ClN2O5. The lowest BCUT2D eigenvalue weighted by Gasteiger charge is -2.28. The number of hydrogen-bond acceptors (Lipinski definition) is 5. The largest absolute Gasteiger partial charge is 0.426 e. The van der Waals surface area contributed by atoms with Crippen molar-refractivity contribution in [3.63, 3.8) is 0 Å². The molecule has 4 aliphatic rings. The first-order valence-electron chi connectivity index (χ1n) is 12.2. The Bertz CT molecular complexity index is 1320. The molecule has 0 unspecified atom stereocenters. The third-order valence-electron chi connectivity index (χ3n) is 8.22. The van der Waals surface area contributed by atoms with E-state index in [0.717, 1.165) is 6.42 Å². The topological polar surface area (TPSA) is 84.0 Å². The van der Waals surface area contributed by atoms with Crippen molar-refractivity contribution in [1.29, 1.82) is 0 Å². The summed E-state index contributed by atoms with van der Waals surface area (Å²) in [5.41, 5.74) is 1.74. The number of nitrogens with zero attached hydrogens (tertiary/aromatic N) is 2. The number of imide groups is 1. The normalized spacial score (nSPS) is 32.4. The minimum Gasteiger partial charge on any atom is -0.426 e. The lowest BCUT2D eigenvalue weighted by atomic mass is 9.81. The van der Waals surface area contributed by atoms with Gasteiger partial charge in [0.1, 0.15) is 5.75 Å². The molecule has 0 radical (unpaired) electrons. The predicted molar refractivity (Wildman–Crippen MR) is 145 cm³/mol. The predicted octanol–water partition coefficient (Wildman–Crippen LogP) is 4.89. The van der Waals surface area contributed by atoms with E-state index < -0.39 is 11.9 Å². The van der Waals surface area contributed by atoms with Gasteiger partial charge in [-0.2, -0.15) is 0 Å². The van der Waals surface area contributed by atoms with Gasteiger partial charge >= 0.3 is 5.97 Å². The Balaban J connectivity index is 1.17. The maximum Gasteiger partial charge on any atom is 0.316 e. The summed E-state index contributed by atoms with van der Waals surface area (Å²) in [6.07, 6.45) is 0.907. The maximum atomic E-state index is 13.4. The number of benzene rings is 2. The number of rotatable bonds is 4. The highest BCUT2D eigenvalue weighted by molar-refractivity contribution is 9.12. The molecule has 2 aromatic carbocycles. The number of ether oxygens (including phenoxy) is 1. The molecule has 0 spiro atoms. The van der Waals surface area contributed by atoms with Crippen molar-refractivity contribution < 1.29 is 23.9 Å². The van der Waals surface area contributed by atoms with Gasteiger partial charge in [0.25, 0.3) is 0 Å². The second kappa shape index (κ2) is 9.20. The first-order chi connectivity index (χ1) is 17.7. The average molecular weight is 651 g/mol. The highest BCUT2D eigenvalue weighted by Crippen LogP contribution is 2.60. The molecule has 6 rings (SSSR count). The minimum absolute atomic E-state index is 0.0339. The molecule has 3 amide bonds. The van der Waals surface area contributed by atoms with E-state index >= 15 is 0 Å². The molecule has 2 bridgehead atoms. The van der Waals surface area contributed by atoms with Crippen LogP contribution < -0.4 is 14.5 Å². The van der Waals surface area contributed by atoms with E-state index in [0.29, 0.717) is 27.7 Å². The van der Waals surface area contributed by atoms with Gasteiger partial charge in [-0.3, -0.25) is 19.2 Å². The molecule has 7 atom stereocenters. The molecule has 10 heteroatoms. The van der Waals surface area contributed by atoms with Gasteiger partial charge in [-0.05, 0) is 61.1 Å². The van der Waals surface area contributed by atoms with Crippen LogP contribution in [-0.4, -0.2) is 39.9 Å². The standard InChI is InChI=1S/C27H23Br2ClN2O5/c1-12-8-14(37-27(36)13-9-20(33)31(11-13)19-5-3-2-4-17(19)30)6-7-18(12)32-25(34)21-15-10-16(22(21)26(32)35)24(29)23(15)28/h2-8,13,15-16,21-24H,9-11H2,1H3/t13-,15-,16-,21-,22-,23-,24+/m1/s1. The van der Waals surface area contributed by atoms with Crippen molar-refractivity contribution in [2.45, 2.75) is 29.4 Å². The van der Waals surface area contributed by atoms with Crippen LogP contribution in [0.25, 0.3) is 0 Å². The SMILES string of the molecule is Cc1cc(OC(=O)[C@@H]2CC(=O)N(c3ccccc3Cl)C2)ccc1N1C(=O)[C@@H]2[C@H]3C[C@@H]([C@@H](Br)[C@H]3Br)[C@H]2C1=O. The van der Waals surface area contributed by atoms with Crippen LogP contribution in [0.15, 0.2) is 42.5 Å². The first-order valence-corrected chi connectivity index (χ1v) is 14.4. The zero-order chi connectivity index (χ0) is 26.2. The Morgan fingerprint density at radius 1 is 0.973 bits per heavy atom. The van der Waals surface area contributed by atoms with Crippen LogP contribution in [0, 0.1) is 36.5 Å². The van der Waals surface area contributed by atoms with Gasteiger partial charge < -0.3 is 9.64 Å². The molecule has 4 fully saturated rings. The number of carbonyl (C=O) groups excluding carboxylic acids is 4. The number of para-hydroxylation sites is 1. The molecule has 2 saturated heterocycles. The fraction of sp³-hybridized carbons (Fsp3) is 0.407. The van der Waals surface area contributed by atoms with Crippen molar-refractivity contribution in [1.82, 2.24) is 0 Å². The fourth-order valence-electron chi connectivity index (χ4n) is 6.50. The Morgan fingerprint density at radius 2 is 1.62 bits per heavy atom. The molecule has 2 aliphatic heterocycles. The summed E-state index contributed by atoms with van der Waals surface area (Å²) in [5, 5.41) is 0.442. The van der Waals surface area contributed by atoms with Crippen molar-refractivity contribution in [2.24, 2.45) is 29.6 Å². The zero-order valence-corrected chi connectivity index (χ0v) is 23.7.